The lowest BCUT2D eigenvalue weighted by molar-refractivity contribution is -0.221. The lowest BCUT2D eigenvalue weighted by Gasteiger charge is -2.41. The zero-order valence-corrected chi connectivity index (χ0v) is 22.4. The van der Waals surface area contributed by atoms with E-state index in [2.05, 4.69) is 0 Å². The average Bonchev–Trinajstić information content (AvgIpc) is 3.00. The Morgan fingerprint density at radius 3 is 1.46 bits per heavy atom. The summed E-state index contributed by atoms with van der Waals surface area (Å²) < 4.78 is 52.8. The van der Waals surface area contributed by atoms with Gasteiger partial charge in [-0.25, -0.2) is 8.42 Å². The second-order valence-corrected chi connectivity index (χ2v) is 11.4. The summed E-state index contributed by atoms with van der Waals surface area (Å²) in [5.41, 5.74) is 1.62. The van der Waals surface area contributed by atoms with Gasteiger partial charge in [0, 0.05) is 0 Å². The molecule has 4 atom stereocenters. The lowest BCUT2D eigenvalue weighted by Crippen LogP contribution is -2.58. The molecule has 4 aromatic carbocycles. The Morgan fingerprint density at radius 1 is 0.564 bits per heavy atom. The Hall–Kier alpha value is -3.33. The van der Waals surface area contributed by atoms with Crippen LogP contribution in [0.1, 0.15) is 16.7 Å². The highest BCUT2D eigenvalue weighted by Crippen LogP contribution is 2.32. The van der Waals surface area contributed by atoms with Crippen LogP contribution in [0.2, 0.25) is 0 Å². The minimum atomic E-state index is -3.90. The van der Waals surface area contributed by atoms with E-state index in [1.165, 1.54) is 0 Å². The van der Waals surface area contributed by atoms with Gasteiger partial charge in [0.25, 0.3) is 0 Å². The normalized spacial score (nSPS) is 21.4. The molecule has 7 heteroatoms. The maximum atomic E-state index is 13.8. The molecule has 0 spiro atoms. The van der Waals surface area contributed by atoms with Crippen molar-refractivity contribution in [1.29, 1.82) is 0 Å². The third-order valence-electron chi connectivity index (χ3n) is 6.64. The number of hydrogen-bond acceptors (Lipinski definition) is 6. The molecule has 0 saturated carbocycles. The summed E-state index contributed by atoms with van der Waals surface area (Å²) in [5, 5.41) is 0. The van der Waals surface area contributed by atoms with Crippen LogP contribution < -0.4 is 0 Å². The highest BCUT2D eigenvalue weighted by atomic mass is 32.2. The zero-order chi connectivity index (χ0) is 26.9. The highest BCUT2D eigenvalue weighted by Gasteiger charge is 2.49. The second kappa shape index (κ2) is 13.2. The molecule has 4 aromatic rings. The molecule has 0 amide bonds. The molecule has 1 saturated heterocycles. The van der Waals surface area contributed by atoms with Crippen molar-refractivity contribution in [3.05, 3.63) is 138 Å². The molecule has 0 radical (unpaired) electrons. The summed E-state index contributed by atoms with van der Waals surface area (Å²) in [6.07, 6.45) is -2.18. The molecular formula is C32H32O6S. The molecule has 0 unspecified atom stereocenters. The first-order valence-electron chi connectivity index (χ1n) is 13.0. The number of ether oxygens (including phenoxy) is 4. The summed E-state index contributed by atoms with van der Waals surface area (Å²) in [4.78, 5) is 0.175. The van der Waals surface area contributed by atoms with Gasteiger partial charge in [0.1, 0.15) is 18.3 Å². The van der Waals surface area contributed by atoms with E-state index >= 15 is 0 Å². The van der Waals surface area contributed by atoms with Crippen LogP contribution in [-0.2, 0) is 48.6 Å². The topological polar surface area (TPSA) is 71.1 Å². The minimum absolute atomic E-state index is 0.0498. The molecular weight excluding hydrogens is 512 g/mol. The molecule has 1 aliphatic rings. The van der Waals surface area contributed by atoms with Crippen molar-refractivity contribution in [3.8, 4) is 0 Å². The zero-order valence-electron chi connectivity index (χ0n) is 21.5. The van der Waals surface area contributed by atoms with Gasteiger partial charge in [-0.1, -0.05) is 109 Å². The van der Waals surface area contributed by atoms with Gasteiger partial charge >= 0.3 is 0 Å². The summed E-state index contributed by atoms with van der Waals surface area (Å²) in [7, 11) is -3.90. The molecule has 0 aliphatic carbocycles. The fourth-order valence-corrected chi connectivity index (χ4v) is 6.23. The predicted molar refractivity (Wildman–Crippen MR) is 148 cm³/mol. The van der Waals surface area contributed by atoms with Gasteiger partial charge in [-0.2, -0.15) is 0 Å². The molecule has 0 aromatic heterocycles. The maximum Gasteiger partial charge on any atom is 0.207 e. The van der Waals surface area contributed by atoms with Crippen molar-refractivity contribution in [2.24, 2.45) is 0 Å². The largest absolute Gasteiger partial charge is 0.368 e. The Labute approximate surface area is 230 Å². The summed E-state index contributed by atoms with van der Waals surface area (Å²) >= 11 is 0. The van der Waals surface area contributed by atoms with Crippen LogP contribution >= 0.6 is 0 Å². The van der Waals surface area contributed by atoms with Crippen molar-refractivity contribution >= 4 is 9.84 Å². The van der Waals surface area contributed by atoms with Crippen LogP contribution in [0.25, 0.3) is 0 Å². The third-order valence-corrected chi connectivity index (χ3v) is 8.58. The van der Waals surface area contributed by atoms with Gasteiger partial charge in [0.2, 0.25) is 9.84 Å². The van der Waals surface area contributed by atoms with Crippen molar-refractivity contribution in [3.63, 3.8) is 0 Å². The van der Waals surface area contributed by atoms with Crippen LogP contribution in [0.5, 0.6) is 0 Å². The Kier molecular flexibility index (Phi) is 9.19. The van der Waals surface area contributed by atoms with Crippen molar-refractivity contribution in [2.75, 3.05) is 6.61 Å². The number of rotatable bonds is 11. The van der Waals surface area contributed by atoms with E-state index in [9.17, 15) is 8.42 Å². The van der Waals surface area contributed by atoms with Crippen molar-refractivity contribution in [1.82, 2.24) is 0 Å². The predicted octanol–water partition coefficient (Wildman–Crippen LogP) is 5.57. The first-order chi connectivity index (χ1) is 19.1. The first-order valence-corrected chi connectivity index (χ1v) is 14.5. The summed E-state index contributed by atoms with van der Waals surface area (Å²) in [6, 6.07) is 37.6. The standard InChI is InChI=1S/C32H32O6S/c33-39(34,28-19-11-4-12-20-28)32-31(37-23-27-17-9-3-10-18-27)30(36-22-26-15-7-2-8-16-26)29(24-38-32)35-21-25-13-5-1-6-14-25/h1-20,29-32H,21-24H2/t29-,30+,31-,32-/m1/s1. The van der Waals surface area contributed by atoms with Crippen molar-refractivity contribution < 1.29 is 27.4 Å². The van der Waals surface area contributed by atoms with E-state index in [4.69, 9.17) is 18.9 Å². The van der Waals surface area contributed by atoms with Gasteiger partial charge in [-0.05, 0) is 28.8 Å². The summed E-state index contributed by atoms with van der Waals surface area (Å²) in [5.74, 6) is 0. The van der Waals surface area contributed by atoms with E-state index in [-0.39, 0.29) is 24.7 Å². The monoisotopic (exact) mass is 544 g/mol. The Bertz CT molecular complexity index is 1380. The van der Waals surface area contributed by atoms with Crippen LogP contribution in [0.3, 0.4) is 0 Å². The average molecular weight is 545 g/mol. The molecule has 1 aliphatic heterocycles. The van der Waals surface area contributed by atoms with E-state index in [0.29, 0.717) is 6.61 Å². The number of hydrogen-bond donors (Lipinski definition) is 0. The fourth-order valence-electron chi connectivity index (χ4n) is 4.59. The summed E-state index contributed by atoms with van der Waals surface area (Å²) in [6.45, 7) is 0.863. The van der Waals surface area contributed by atoms with E-state index in [0.717, 1.165) is 16.7 Å². The lowest BCUT2D eigenvalue weighted by atomic mass is 10.0. The van der Waals surface area contributed by atoms with Gasteiger partial charge in [0.05, 0.1) is 31.3 Å². The molecule has 0 N–H and O–H groups in total. The Morgan fingerprint density at radius 2 is 0.974 bits per heavy atom. The fraction of sp³-hybridized carbons (Fsp3) is 0.250. The highest BCUT2D eigenvalue weighted by molar-refractivity contribution is 7.92. The van der Waals surface area contributed by atoms with Gasteiger partial charge < -0.3 is 18.9 Å². The smallest absolute Gasteiger partial charge is 0.207 e. The molecule has 0 bridgehead atoms. The molecule has 1 heterocycles. The SMILES string of the molecule is O=S(=O)(c1ccccc1)[C@H]1OC[C@@H](OCc2ccccc2)[C@H](OCc2ccccc2)[C@H]1OCc1ccccc1. The number of sulfone groups is 1. The molecule has 39 heavy (non-hydrogen) atoms. The second-order valence-electron chi connectivity index (χ2n) is 9.42. The Balaban J connectivity index is 1.45. The number of benzene rings is 4. The molecule has 1 fully saturated rings. The molecule has 6 nitrogen and oxygen atoms in total. The van der Waals surface area contributed by atoms with Crippen LogP contribution in [0, 0.1) is 0 Å². The first kappa shape index (κ1) is 27.2. The van der Waals surface area contributed by atoms with Gasteiger partial charge in [-0.3, -0.25) is 0 Å². The van der Waals surface area contributed by atoms with Crippen molar-refractivity contribution in [2.45, 2.75) is 48.5 Å². The van der Waals surface area contributed by atoms with E-state index in [1.807, 2.05) is 91.0 Å². The van der Waals surface area contributed by atoms with Crippen LogP contribution in [-0.4, -0.2) is 38.8 Å². The van der Waals surface area contributed by atoms with Gasteiger partial charge in [0.15, 0.2) is 5.44 Å². The quantitative estimate of drug-likeness (QED) is 0.246. The third kappa shape index (κ3) is 7.01. The molecule has 202 valence electrons. The van der Waals surface area contributed by atoms with E-state index in [1.54, 1.807) is 30.3 Å². The van der Waals surface area contributed by atoms with Crippen LogP contribution in [0.4, 0.5) is 0 Å². The minimum Gasteiger partial charge on any atom is -0.368 e. The van der Waals surface area contributed by atoms with Crippen LogP contribution in [0.15, 0.2) is 126 Å². The maximum absolute atomic E-state index is 13.8. The molecule has 5 rings (SSSR count). The van der Waals surface area contributed by atoms with Gasteiger partial charge in [-0.15, -0.1) is 0 Å². The van der Waals surface area contributed by atoms with E-state index < -0.39 is 33.6 Å².